The third kappa shape index (κ3) is 3.70. The first-order valence-corrected chi connectivity index (χ1v) is 8.70. The molecule has 0 amide bonds. The van der Waals surface area contributed by atoms with Crippen LogP contribution in [0.25, 0.3) is 17.5 Å². The Kier molecular flexibility index (Phi) is 5.23. The monoisotopic (exact) mass is 412 g/mol. The number of aryl methyl sites for hydroxylation is 1. The fourth-order valence-corrected chi connectivity index (χ4v) is 2.99. The van der Waals surface area contributed by atoms with Crippen LogP contribution in [0.3, 0.4) is 0 Å². The molecule has 0 saturated carbocycles. The zero-order chi connectivity index (χ0) is 18.7. The number of aromatic hydroxyl groups is 1. The summed E-state index contributed by atoms with van der Waals surface area (Å²) >= 11 is 3.26. The van der Waals surface area contributed by atoms with Crippen LogP contribution in [0.15, 0.2) is 53.0 Å². The largest absolute Gasteiger partial charge is 0.503 e. The average molecular weight is 413 g/mol. The Balaban J connectivity index is 1.86. The molecule has 1 heterocycles. The van der Waals surface area contributed by atoms with Crippen LogP contribution in [0.4, 0.5) is 0 Å². The molecule has 26 heavy (non-hydrogen) atoms. The van der Waals surface area contributed by atoms with Gasteiger partial charge in [0.05, 0.1) is 11.6 Å². The van der Waals surface area contributed by atoms with Crippen LogP contribution in [0.1, 0.15) is 21.7 Å². The Bertz CT molecular complexity index is 978. The van der Waals surface area contributed by atoms with Crippen molar-refractivity contribution in [2.45, 2.75) is 6.92 Å². The number of phenolic OH excluding ortho intramolecular Hbond substituents is 1. The normalized spacial score (nSPS) is 11.0. The van der Waals surface area contributed by atoms with E-state index in [1.54, 1.807) is 18.2 Å². The number of ketones is 1. The molecule has 0 atom stereocenters. The highest BCUT2D eigenvalue weighted by Crippen LogP contribution is 2.35. The van der Waals surface area contributed by atoms with Gasteiger partial charge in [0, 0.05) is 11.3 Å². The molecule has 0 spiro atoms. The van der Waals surface area contributed by atoms with Gasteiger partial charge >= 0.3 is 0 Å². The molecule has 0 fully saturated rings. The predicted molar refractivity (Wildman–Crippen MR) is 104 cm³/mol. The van der Waals surface area contributed by atoms with Gasteiger partial charge in [-0.2, -0.15) is 0 Å². The van der Waals surface area contributed by atoms with E-state index in [1.807, 2.05) is 37.3 Å². The number of allylic oxidation sites excluding steroid dienone is 1. The summed E-state index contributed by atoms with van der Waals surface area (Å²) in [5, 5.41) is 9.85. The summed E-state index contributed by atoms with van der Waals surface area (Å²) in [7, 11) is 1.47. The maximum atomic E-state index is 12.5. The highest BCUT2D eigenvalue weighted by molar-refractivity contribution is 9.10. The molecule has 5 nitrogen and oxygen atoms in total. The number of nitrogens with zero attached hydrogens (tertiary/aromatic N) is 1. The number of aromatic nitrogens is 2. The Labute approximate surface area is 159 Å². The average Bonchev–Trinajstić information content (AvgIpc) is 3.05. The molecule has 0 unspecified atom stereocenters. The van der Waals surface area contributed by atoms with Crippen LogP contribution in [0.5, 0.6) is 11.5 Å². The molecule has 0 aliphatic rings. The molecule has 0 aliphatic carbocycles. The molecular weight excluding hydrogens is 396 g/mol. The lowest BCUT2D eigenvalue weighted by Crippen LogP contribution is -1.97. The third-order valence-electron chi connectivity index (χ3n) is 3.86. The number of benzene rings is 2. The Morgan fingerprint density at radius 3 is 2.69 bits per heavy atom. The molecule has 0 radical (unpaired) electrons. The van der Waals surface area contributed by atoms with Gasteiger partial charge in [-0.05, 0) is 46.6 Å². The summed E-state index contributed by atoms with van der Waals surface area (Å²) < 4.78 is 5.61. The first-order chi connectivity index (χ1) is 12.5. The number of methoxy groups -OCH3 is 1. The van der Waals surface area contributed by atoms with E-state index >= 15 is 0 Å². The summed E-state index contributed by atoms with van der Waals surface area (Å²) in [6.07, 6.45) is 3.11. The highest BCUT2D eigenvalue weighted by Gasteiger charge is 2.14. The van der Waals surface area contributed by atoms with E-state index in [-0.39, 0.29) is 11.5 Å². The van der Waals surface area contributed by atoms with Crippen molar-refractivity contribution in [2.24, 2.45) is 0 Å². The summed E-state index contributed by atoms with van der Waals surface area (Å²) in [4.78, 5) is 20.1. The molecule has 3 aromatic rings. The third-order valence-corrected chi connectivity index (χ3v) is 4.47. The number of carbonyl (C=O) groups is 1. The molecule has 2 N–H and O–H groups in total. The number of aromatic amines is 1. The first-order valence-electron chi connectivity index (χ1n) is 7.90. The smallest absolute Gasteiger partial charge is 0.206 e. The Hall–Kier alpha value is -2.86. The van der Waals surface area contributed by atoms with Gasteiger partial charge in [-0.25, -0.2) is 4.98 Å². The van der Waals surface area contributed by atoms with E-state index in [4.69, 9.17) is 4.74 Å². The maximum Gasteiger partial charge on any atom is 0.206 e. The number of phenols is 1. The minimum atomic E-state index is -0.205. The van der Waals surface area contributed by atoms with Crippen LogP contribution in [0, 0.1) is 6.92 Å². The number of rotatable bonds is 5. The van der Waals surface area contributed by atoms with Gasteiger partial charge in [-0.1, -0.05) is 36.4 Å². The van der Waals surface area contributed by atoms with Gasteiger partial charge in [0.2, 0.25) is 5.78 Å². The SMILES string of the molecule is COc1cc(/C=C/C(=O)c2nc(-c3ccccc3)[nH]c2C)cc(Br)c1O. The van der Waals surface area contributed by atoms with Crippen LogP contribution < -0.4 is 4.74 Å². The Morgan fingerprint density at radius 1 is 1.27 bits per heavy atom. The van der Waals surface area contributed by atoms with Gasteiger partial charge in [0.25, 0.3) is 0 Å². The van der Waals surface area contributed by atoms with E-state index < -0.39 is 0 Å². The van der Waals surface area contributed by atoms with Crippen molar-refractivity contribution in [1.29, 1.82) is 0 Å². The second-order valence-corrected chi connectivity index (χ2v) is 6.53. The number of ether oxygens (including phenoxy) is 1. The first kappa shape index (κ1) is 17.9. The molecule has 0 aliphatic heterocycles. The summed E-state index contributed by atoms with van der Waals surface area (Å²) in [6.45, 7) is 1.82. The molecule has 3 rings (SSSR count). The van der Waals surface area contributed by atoms with E-state index in [2.05, 4.69) is 25.9 Å². The predicted octanol–water partition coefficient (Wildman–Crippen LogP) is 4.76. The zero-order valence-electron chi connectivity index (χ0n) is 14.3. The number of carbonyl (C=O) groups excluding carboxylic acids is 1. The van der Waals surface area contributed by atoms with Gasteiger partial charge in [0.15, 0.2) is 11.5 Å². The lowest BCUT2D eigenvalue weighted by atomic mass is 10.1. The lowest BCUT2D eigenvalue weighted by Gasteiger charge is -2.06. The van der Waals surface area contributed by atoms with Gasteiger partial charge in [0.1, 0.15) is 11.5 Å². The number of hydrogen-bond donors (Lipinski definition) is 2. The number of H-pyrrole nitrogens is 1. The van der Waals surface area contributed by atoms with Crippen LogP contribution in [-0.4, -0.2) is 28.0 Å². The van der Waals surface area contributed by atoms with Crippen molar-refractivity contribution < 1.29 is 14.6 Å². The van der Waals surface area contributed by atoms with Gasteiger partial charge in [-0.3, -0.25) is 4.79 Å². The van der Waals surface area contributed by atoms with Crippen LogP contribution >= 0.6 is 15.9 Å². The van der Waals surface area contributed by atoms with E-state index in [0.717, 1.165) is 11.1 Å². The van der Waals surface area contributed by atoms with E-state index in [9.17, 15) is 9.90 Å². The summed E-state index contributed by atoms with van der Waals surface area (Å²) in [5.74, 6) is 0.804. The van der Waals surface area contributed by atoms with Crippen molar-refractivity contribution >= 4 is 27.8 Å². The minimum Gasteiger partial charge on any atom is -0.503 e. The molecule has 132 valence electrons. The quantitative estimate of drug-likeness (QED) is 0.467. The van der Waals surface area contributed by atoms with Crippen molar-refractivity contribution in [3.8, 4) is 22.9 Å². The fraction of sp³-hybridized carbons (Fsp3) is 0.100. The molecule has 2 aromatic carbocycles. The highest BCUT2D eigenvalue weighted by atomic mass is 79.9. The Morgan fingerprint density at radius 2 is 2.00 bits per heavy atom. The number of halogens is 1. The maximum absolute atomic E-state index is 12.5. The minimum absolute atomic E-state index is 0.0200. The topological polar surface area (TPSA) is 75.2 Å². The van der Waals surface area contributed by atoms with Crippen LogP contribution in [-0.2, 0) is 0 Å². The van der Waals surface area contributed by atoms with Crippen molar-refractivity contribution in [3.05, 3.63) is 70.0 Å². The second-order valence-electron chi connectivity index (χ2n) is 5.68. The van der Waals surface area contributed by atoms with Crippen molar-refractivity contribution in [3.63, 3.8) is 0 Å². The second kappa shape index (κ2) is 7.58. The van der Waals surface area contributed by atoms with E-state index in [1.165, 1.54) is 13.2 Å². The summed E-state index contributed by atoms with van der Waals surface area (Å²) in [6, 6.07) is 13.0. The van der Waals surface area contributed by atoms with Crippen molar-refractivity contribution in [1.82, 2.24) is 9.97 Å². The van der Waals surface area contributed by atoms with Crippen molar-refractivity contribution in [2.75, 3.05) is 7.11 Å². The molecular formula is C20H17BrN2O3. The van der Waals surface area contributed by atoms with Crippen LogP contribution in [0.2, 0.25) is 0 Å². The molecule has 1 aromatic heterocycles. The molecule has 0 saturated heterocycles. The number of hydrogen-bond acceptors (Lipinski definition) is 4. The lowest BCUT2D eigenvalue weighted by molar-refractivity contribution is 0.104. The van der Waals surface area contributed by atoms with Gasteiger partial charge < -0.3 is 14.8 Å². The standard InChI is InChI=1S/C20H17BrN2O3/c1-12-18(23-20(22-12)14-6-4-3-5-7-14)16(24)9-8-13-10-15(21)19(25)17(11-13)26-2/h3-11,25H,1-2H3,(H,22,23)/b9-8+. The number of nitrogens with one attached hydrogen (secondary N) is 1. The molecule has 6 heteroatoms. The summed E-state index contributed by atoms with van der Waals surface area (Å²) in [5.41, 5.74) is 2.73. The fourth-order valence-electron chi connectivity index (χ4n) is 2.53. The van der Waals surface area contributed by atoms with Gasteiger partial charge in [-0.15, -0.1) is 0 Å². The molecule has 0 bridgehead atoms. The zero-order valence-corrected chi connectivity index (χ0v) is 15.9. The number of imidazole rings is 1. The van der Waals surface area contributed by atoms with E-state index in [0.29, 0.717) is 27.4 Å².